The summed E-state index contributed by atoms with van der Waals surface area (Å²) in [5, 5.41) is 9.19. The normalized spacial score (nSPS) is 11.6. The molecule has 1 N–H and O–H groups in total. The number of fused-ring (bicyclic) bond motifs is 5. The van der Waals surface area contributed by atoms with Gasteiger partial charge in [0.1, 0.15) is 5.75 Å². The summed E-state index contributed by atoms with van der Waals surface area (Å²) in [6.45, 7) is 11.6. The molecule has 0 saturated heterocycles. The number of allylic oxidation sites excluding steroid dienone is 2. The molecule has 5 heteroatoms. The standard InChI is InChI=1S/C25H18NO.C9H16O2.Ir/c1-16-11-17(2)13-18(12-16)19-14-22-20-7-3-5-9-23(20)27-24-10-6-4-8-21(24)25(22)26-15-19;1-6(2)8(10)5-9(11)7(3)4;/h3-7,9-15H,1-2H3;5-7,10H,1-4H3;/q-1;;. The fourth-order valence-electron chi connectivity index (χ4n) is 4.24. The van der Waals surface area contributed by atoms with E-state index < -0.39 is 0 Å². The van der Waals surface area contributed by atoms with Gasteiger partial charge in [0.25, 0.3) is 0 Å². The van der Waals surface area contributed by atoms with Crippen LogP contribution in [0.2, 0.25) is 0 Å². The van der Waals surface area contributed by atoms with E-state index >= 15 is 0 Å². The summed E-state index contributed by atoms with van der Waals surface area (Å²) in [5.41, 5.74) is 8.72. The number of aryl methyl sites for hydroxylation is 2. The van der Waals surface area contributed by atoms with Crippen LogP contribution in [0.5, 0.6) is 11.5 Å². The Morgan fingerprint density at radius 2 is 1.54 bits per heavy atom. The summed E-state index contributed by atoms with van der Waals surface area (Å²) in [7, 11) is 0. The molecule has 4 nitrogen and oxygen atoms in total. The van der Waals surface area contributed by atoms with Gasteiger partial charge < -0.3 is 14.8 Å². The van der Waals surface area contributed by atoms with Crippen LogP contribution in [0.25, 0.3) is 33.5 Å². The maximum absolute atomic E-state index is 11.0. The minimum Gasteiger partial charge on any atom is -0.512 e. The van der Waals surface area contributed by atoms with E-state index in [0.29, 0.717) is 0 Å². The predicted molar refractivity (Wildman–Crippen MR) is 154 cm³/mol. The summed E-state index contributed by atoms with van der Waals surface area (Å²) < 4.78 is 6.20. The molecular weight excluding hydrogens is 663 g/mol. The van der Waals surface area contributed by atoms with E-state index in [-0.39, 0.29) is 43.5 Å². The molecule has 2 heterocycles. The Balaban J connectivity index is 0.000000301. The van der Waals surface area contributed by atoms with Crippen molar-refractivity contribution in [1.29, 1.82) is 0 Å². The quantitative estimate of drug-likeness (QED) is 0.116. The number of aliphatic hydroxyl groups is 1. The molecule has 1 aromatic heterocycles. The maximum Gasteiger partial charge on any atom is 0.161 e. The van der Waals surface area contributed by atoms with Crippen LogP contribution < -0.4 is 4.74 Å². The summed E-state index contributed by atoms with van der Waals surface area (Å²) in [5.74, 6) is 1.79. The molecule has 0 unspecified atom stereocenters. The SMILES string of the molecule is CC(C)C(=O)C=C(O)C(C)C.Cc1cc(C)cc(-c2cnc3c(c2)-c2ccccc2Oc2ccc[c-]c2-3)c1.[Ir]. The molecular formula is C34H34IrNO3-. The van der Waals surface area contributed by atoms with E-state index in [4.69, 9.17) is 9.72 Å². The number of hydrogen-bond acceptors (Lipinski definition) is 4. The van der Waals surface area contributed by atoms with Crippen LogP contribution >= 0.6 is 0 Å². The van der Waals surface area contributed by atoms with Gasteiger partial charge in [-0.15, -0.1) is 24.3 Å². The van der Waals surface area contributed by atoms with E-state index in [9.17, 15) is 9.90 Å². The van der Waals surface area contributed by atoms with Crippen molar-refractivity contribution >= 4 is 5.78 Å². The zero-order valence-corrected chi connectivity index (χ0v) is 25.6. The Kier molecular flexibility index (Phi) is 10.0. The molecule has 0 saturated carbocycles. The van der Waals surface area contributed by atoms with Crippen molar-refractivity contribution in [2.45, 2.75) is 41.5 Å². The number of hydrogen-bond donors (Lipinski definition) is 1. The summed E-state index contributed by atoms with van der Waals surface area (Å²) >= 11 is 0. The number of carbonyl (C=O) groups excluding carboxylic acids is 1. The summed E-state index contributed by atoms with van der Waals surface area (Å²) in [6.07, 6.45) is 3.26. The average Bonchev–Trinajstić information content (AvgIpc) is 3.02. The van der Waals surface area contributed by atoms with E-state index in [1.165, 1.54) is 22.8 Å². The van der Waals surface area contributed by atoms with Crippen molar-refractivity contribution in [2.75, 3.05) is 0 Å². The van der Waals surface area contributed by atoms with Gasteiger partial charge in [-0.3, -0.25) is 4.79 Å². The number of para-hydroxylation sites is 1. The van der Waals surface area contributed by atoms with Gasteiger partial charge in [0.15, 0.2) is 5.78 Å². The first-order valence-electron chi connectivity index (χ1n) is 13.0. The maximum atomic E-state index is 11.0. The molecule has 203 valence electrons. The first-order chi connectivity index (χ1) is 18.1. The number of rotatable bonds is 4. The molecule has 1 radical (unpaired) electrons. The second-order valence-electron chi connectivity index (χ2n) is 10.3. The second kappa shape index (κ2) is 13.0. The molecule has 5 rings (SSSR count). The molecule has 0 amide bonds. The van der Waals surface area contributed by atoms with Crippen molar-refractivity contribution in [2.24, 2.45) is 11.8 Å². The van der Waals surface area contributed by atoms with E-state index in [0.717, 1.165) is 39.4 Å². The third kappa shape index (κ3) is 7.11. The Hall–Kier alpha value is -3.53. The van der Waals surface area contributed by atoms with Gasteiger partial charge in [-0.25, -0.2) is 0 Å². The van der Waals surface area contributed by atoms with Crippen molar-refractivity contribution in [3.63, 3.8) is 0 Å². The smallest absolute Gasteiger partial charge is 0.161 e. The van der Waals surface area contributed by atoms with Crippen LogP contribution in [-0.2, 0) is 24.9 Å². The molecule has 1 aliphatic heterocycles. The first-order valence-corrected chi connectivity index (χ1v) is 13.0. The molecule has 3 aromatic carbocycles. The van der Waals surface area contributed by atoms with Gasteiger partial charge in [0.2, 0.25) is 0 Å². The van der Waals surface area contributed by atoms with Crippen LogP contribution in [0.1, 0.15) is 38.8 Å². The fourth-order valence-corrected chi connectivity index (χ4v) is 4.24. The van der Waals surface area contributed by atoms with Crippen molar-refractivity contribution < 1.29 is 34.7 Å². The Labute approximate surface area is 245 Å². The van der Waals surface area contributed by atoms with Gasteiger partial charge in [-0.05, 0) is 42.3 Å². The molecule has 0 bridgehead atoms. The van der Waals surface area contributed by atoms with Crippen LogP contribution in [0, 0.1) is 31.7 Å². The van der Waals surface area contributed by atoms with Crippen molar-refractivity contribution in [3.8, 4) is 45.0 Å². The first kappa shape index (κ1) is 30.0. The summed E-state index contributed by atoms with van der Waals surface area (Å²) in [6, 6.07) is 26.1. The van der Waals surface area contributed by atoms with Gasteiger partial charge in [-0.2, -0.15) is 0 Å². The van der Waals surface area contributed by atoms with E-state index in [1.807, 2.05) is 70.3 Å². The van der Waals surface area contributed by atoms with Crippen molar-refractivity contribution in [1.82, 2.24) is 4.98 Å². The average molecular weight is 697 g/mol. The molecule has 4 aromatic rings. The number of ketones is 1. The third-order valence-electron chi connectivity index (χ3n) is 6.35. The van der Waals surface area contributed by atoms with Crippen LogP contribution in [0.15, 0.2) is 84.8 Å². The molecule has 39 heavy (non-hydrogen) atoms. The van der Waals surface area contributed by atoms with Gasteiger partial charge in [-0.1, -0.05) is 86.8 Å². The minimum atomic E-state index is -0.0316. The number of pyridine rings is 1. The Bertz CT molecular complexity index is 1480. The summed E-state index contributed by atoms with van der Waals surface area (Å²) in [4.78, 5) is 15.9. The third-order valence-corrected chi connectivity index (χ3v) is 6.35. The van der Waals surface area contributed by atoms with Gasteiger partial charge in [0.05, 0.1) is 5.76 Å². The zero-order chi connectivity index (χ0) is 27.4. The number of nitrogens with zero attached hydrogens (tertiary/aromatic N) is 1. The molecule has 0 atom stereocenters. The van der Waals surface area contributed by atoms with E-state index in [1.54, 1.807) is 0 Å². The molecule has 0 fully saturated rings. The predicted octanol–water partition coefficient (Wildman–Crippen LogP) is 8.91. The van der Waals surface area contributed by atoms with Gasteiger partial charge in [0, 0.05) is 55.5 Å². The second-order valence-corrected chi connectivity index (χ2v) is 10.3. The number of aliphatic hydroxyl groups excluding tert-OH is 1. The zero-order valence-electron chi connectivity index (χ0n) is 23.2. The topological polar surface area (TPSA) is 59.4 Å². The number of aromatic nitrogens is 1. The molecule has 0 aliphatic carbocycles. The Morgan fingerprint density at radius 1 is 0.872 bits per heavy atom. The number of ether oxygens (including phenoxy) is 1. The largest absolute Gasteiger partial charge is 0.512 e. The number of benzene rings is 3. The van der Waals surface area contributed by atoms with Crippen LogP contribution in [0.4, 0.5) is 0 Å². The molecule has 1 aliphatic rings. The molecule has 0 spiro atoms. The minimum absolute atomic E-state index is 0. The number of carbonyl (C=O) groups is 1. The van der Waals surface area contributed by atoms with Crippen LogP contribution in [0.3, 0.4) is 0 Å². The van der Waals surface area contributed by atoms with Crippen LogP contribution in [-0.4, -0.2) is 15.9 Å². The Morgan fingerprint density at radius 3 is 2.21 bits per heavy atom. The monoisotopic (exact) mass is 697 g/mol. The van der Waals surface area contributed by atoms with Crippen molar-refractivity contribution in [3.05, 3.63) is 102 Å². The fraction of sp³-hybridized carbons (Fsp3) is 0.235. The van der Waals surface area contributed by atoms with E-state index in [2.05, 4.69) is 50.2 Å². The van der Waals surface area contributed by atoms with Gasteiger partial charge >= 0.3 is 0 Å².